The van der Waals surface area contributed by atoms with Crippen LogP contribution in [0.2, 0.25) is 0 Å². The molecule has 0 saturated heterocycles. The van der Waals surface area contributed by atoms with E-state index in [0.29, 0.717) is 6.42 Å². The SMILES string of the molecule is C=C/C(C)=C\C(=C/C)CC.C=CC(F)(F)F.CC.CC.CC.CC.CC/C=C(\C)C(C)=O.CCC(CC)[C@H](C)CC.CCCC(C)(F)F. The fourth-order valence-electron chi connectivity index (χ4n) is 3.06. The quantitative estimate of drug-likeness (QED) is 0.0907. The summed E-state index contributed by atoms with van der Waals surface area (Å²) in [6.07, 6.45) is 10.5. The number of ketones is 1. The first-order valence-corrected chi connectivity index (χ1v) is 18.5. The second kappa shape index (κ2) is 54.5. The topological polar surface area (TPSA) is 17.1 Å². The second-order valence-electron chi connectivity index (χ2n) is 9.69. The Kier molecular flexibility index (Phi) is 77.2. The van der Waals surface area contributed by atoms with Crippen LogP contribution in [0, 0.1) is 11.8 Å². The lowest BCUT2D eigenvalue weighted by molar-refractivity contribution is -0.113. The van der Waals surface area contributed by atoms with E-state index < -0.39 is 12.1 Å². The largest absolute Gasteiger partial charge is 0.409 e. The number of Topliss-reactive ketones (excluding diaryl/α,β-unsaturated/α-hetero) is 1. The average molecular weight is 701 g/mol. The Morgan fingerprint density at radius 3 is 1.23 bits per heavy atom. The van der Waals surface area contributed by atoms with Crippen LogP contribution in [0.25, 0.3) is 0 Å². The summed E-state index contributed by atoms with van der Waals surface area (Å²) in [5.41, 5.74) is 3.47. The predicted molar refractivity (Wildman–Crippen MR) is 213 cm³/mol. The molecule has 0 amide bonds. The van der Waals surface area contributed by atoms with Gasteiger partial charge in [-0.25, -0.2) is 8.78 Å². The average Bonchev–Trinajstić information content (AvgIpc) is 3.08. The molecule has 0 radical (unpaired) electrons. The van der Waals surface area contributed by atoms with Crippen LogP contribution in [0.1, 0.15) is 183 Å². The Balaban J connectivity index is -0.0000000540. The van der Waals surface area contributed by atoms with E-state index in [2.05, 4.69) is 73.8 Å². The number of hydrogen-bond donors (Lipinski definition) is 0. The van der Waals surface area contributed by atoms with Crippen LogP contribution >= 0.6 is 0 Å². The Bertz CT molecular complexity index is 705. The molecule has 0 unspecified atom stereocenters. The molecule has 48 heavy (non-hydrogen) atoms. The molecular formula is C42H85F5O. The molecule has 1 nitrogen and oxygen atoms in total. The lowest BCUT2D eigenvalue weighted by Crippen LogP contribution is -2.07. The zero-order chi connectivity index (χ0) is 40.9. The Morgan fingerprint density at radius 1 is 0.750 bits per heavy atom. The van der Waals surface area contributed by atoms with Gasteiger partial charge in [-0.05, 0) is 64.9 Å². The highest BCUT2D eigenvalue weighted by Gasteiger charge is 2.20. The summed E-state index contributed by atoms with van der Waals surface area (Å²) >= 11 is 0. The summed E-state index contributed by atoms with van der Waals surface area (Å²) in [5, 5.41) is 0. The normalized spacial score (nSPS) is 11.1. The molecule has 0 spiro atoms. The van der Waals surface area contributed by atoms with Crippen molar-refractivity contribution in [1.82, 2.24) is 0 Å². The van der Waals surface area contributed by atoms with Gasteiger partial charge in [0, 0.05) is 12.5 Å². The van der Waals surface area contributed by atoms with Crippen molar-refractivity contribution in [3.63, 3.8) is 0 Å². The Morgan fingerprint density at radius 2 is 1.12 bits per heavy atom. The van der Waals surface area contributed by atoms with Crippen LogP contribution in [0.3, 0.4) is 0 Å². The van der Waals surface area contributed by atoms with Crippen molar-refractivity contribution in [2.75, 3.05) is 0 Å². The highest BCUT2D eigenvalue weighted by atomic mass is 19.4. The molecule has 294 valence electrons. The minimum atomic E-state index is -4.19. The molecule has 0 heterocycles. The maximum Gasteiger partial charge on any atom is 0.409 e. The third kappa shape index (κ3) is 79.5. The van der Waals surface area contributed by atoms with Crippen molar-refractivity contribution in [2.24, 2.45) is 11.8 Å². The van der Waals surface area contributed by atoms with Gasteiger partial charge in [-0.15, -0.1) is 0 Å². The van der Waals surface area contributed by atoms with E-state index in [1.807, 2.05) is 81.4 Å². The van der Waals surface area contributed by atoms with E-state index in [-0.39, 0.29) is 18.3 Å². The van der Waals surface area contributed by atoms with Crippen LogP contribution in [-0.4, -0.2) is 17.9 Å². The molecule has 1 atom stereocenters. The first-order chi connectivity index (χ1) is 22.3. The van der Waals surface area contributed by atoms with Crippen molar-refractivity contribution >= 4 is 5.78 Å². The molecule has 0 fully saturated rings. The van der Waals surface area contributed by atoms with E-state index >= 15 is 0 Å². The Hall–Kier alpha value is -1.98. The van der Waals surface area contributed by atoms with Gasteiger partial charge in [0.1, 0.15) is 0 Å². The van der Waals surface area contributed by atoms with Crippen molar-refractivity contribution in [1.29, 1.82) is 0 Å². The molecular weight excluding hydrogens is 615 g/mol. The van der Waals surface area contributed by atoms with E-state index in [9.17, 15) is 26.7 Å². The number of halogens is 5. The maximum absolute atomic E-state index is 11.7. The van der Waals surface area contributed by atoms with Gasteiger partial charge in [0.05, 0.1) is 0 Å². The monoisotopic (exact) mass is 701 g/mol. The summed E-state index contributed by atoms with van der Waals surface area (Å²) in [6.45, 7) is 45.8. The first-order valence-electron chi connectivity index (χ1n) is 18.5. The van der Waals surface area contributed by atoms with Crippen LogP contribution in [0.15, 0.2) is 60.3 Å². The van der Waals surface area contributed by atoms with E-state index in [0.717, 1.165) is 37.2 Å². The molecule has 6 heteroatoms. The molecule has 0 bridgehead atoms. The summed E-state index contributed by atoms with van der Waals surface area (Å²) in [7, 11) is 0. The number of rotatable bonds is 11. The lowest BCUT2D eigenvalue weighted by Gasteiger charge is -2.18. The molecule has 0 aromatic carbocycles. The number of allylic oxidation sites excluding steroid dienone is 8. The first kappa shape index (κ1) is 68.1. The van der Waals surface area contributed by atoms with Crippen LogP contribution in [-0.2, 0) is 4.79 Å². The van der Waals surface area contributed by atoms with Gasteiger partial charge >= 0.3 is 6.18 Å². The van der Waals surface area contributed by atoms with Gasteiger partial charge in [-0.2, -0.15) is 13.2 Å². The van der Waals surface area contributed by atoms with Crippen LogP contribution in [0.4, 0.5) is 22.0 Å². The van der Waals surface area contributed by atoms with E-state index in [1.165, 1.54) is 30.4 Å². The molecule has 0 N–H and O–H groups in total. The van der Waals surface area contributed by atoms with Gasteiger partial charge in [0.2, 0.25) is 5.92 Å². The molecule has 0 rings (SSSR count). The molecule has 0 aliphatic carbocycles. The number of hydrogen-bond acceptors (Lipinski definition) is 1. The van der Waals surface area contributed by atoms with Crippen molar-refractivity contribution < 1.29 is 26.7 Å². The van der Waals surface area contributed by atoms with Gasteiger partial charge in [-0.3, -0.25) is 4.79 Å². The smallest absolute Gasteiger partial charge is 0.295 e. The van der Waals surface area contributed by atoms with E-state index in [4.69, 9.17) is 0 Å². The highest BCUT2D eigenvalue weighted by molar-refractivity contribution is 5.92. The van der Waals surface area contributed by atoms with E-state index in [1.54, 1.807) is 13.8 Å². The summed E-state index contributed by atoms with van der Waals surface area (Å²) in [4.78, 5) is 10.5. The summed E-state index contributed by atoms with van der Waals surface area (Å²) in [5.74, 6) is -0.378. The zero-order valence-corrected chi connectivity index (χ0v) is 35.7. The molecule has 0 aromatic heterocycles. The molecule has 0 saturated carbocycles. The lowest BCUT2D eigenvalue weighted by atomic mass is 9.88. The molecule has 0 aliphatic heterocycles. The molecule has 0 aromatic rings. The number of carbonyl (C=O) groups excluding carboxylic acids is 1. The highest BCUT2D eigenvalue weighted by Crippen LogP contribution is 2.21. The summed E-state index contributed by atoms with van der Waals surface area (Å²) in [6, 6.07) is 0. The summed E-state index contributed by atoms with van der Waals surface area (Å²) < 4.78 is 55.4. The van der Waals surface area contributed by atoms with Crippen molar-refractivity contribution in [2.45, 2.75) is 196 Å². The zero-order valence-electron chi connectivity index (χ0n) is 35.7. The number of alkyl halides is 5. The predicted octanol–water partition coefficient (Wildman–Crippen LogP) is 17.2. The van der Waals surface area contributed by atoms with Crippen LogP contribution < -0.4 is 0 Å². The van der Waals surface area contributed by atoms with Crippen LogP contribution in [0.5, 0.6) is 0 Å². The third-order valence-corrected chi connectivity index (χ3v) is 6.00. The number of carbonyl (C=O) groups is 1. The van der Waals surface area contributed by atoms with Crippen molar-refractivity contribution in [3.8, 4) is 0 Å². The van der Waals surface area contributed by atoms with Gasteiger partial charge in [-0.1, -0.05) is 178 Å². The minimum absolute atomic E-state index is 0.00694. The second-order valence-corrected chi connectivity index (χ2v) is 9.69. The maximum atomic E-state index is 11.7. The van der Waals surface area contributed by atoms with Gasteiger partial charge < -0.3 is 0 Å². The Labute approximate surface area is 299 Å². The van der Waals surface area contributed by atoms with Crippen molar-refractivity contribution in [3.05, 3.63) is 60.3 Å². The molecule has 0 aliphatic rings. The fourth-order valence-corrected chi connectivity index (χ4v) is 3.06. The minimum Gasteiger partial charge on any atom is -0.295 e. The fraction of sp³-hybridized carbons (Fsp3) is 0.738. The third-order valence-electron chi connectivity index (χ3n) is 6.00. The standard InChI is InChI=1S/C10H16.C9H20.C7H12O.C5H10F2.C3H3F3.4C2H6/c1-5-9(4)8-10(6-2)7-3;1-5-8(4)9(6-2)7-3;1-4-5-6(2)7(3)8;1-3-4-5(2,6)7;1-2-3(4,5)6;4*1-2/h5-6,8H,1,7H2,2-4H3;8-9H,5-7H2,1-4H3;5H,4H2,1-3H3;3-4H2,1-2H3;2H,1H2;4*1-2H3/b9-8-,10-6-;;6-5+;;;;;;/t;8-;;;;;;;/m.1......./s1. The van der Waals surface area contributed by atoms with Gasteiger partial charge in [0.15, 0.2) is 5.78 Å². The van der Waals surface area contributed by atoms with Gasteiger partial charge in [0.25, 0.3) is 0 Å².